The predicted molar refractivity (Wildman–Crippen MR) is 118 cm³/mol. The maximum absolute atomic E-state index is 13.3. The number of anilines is 1. The summed E-state index contributed by atoms with van der Waals surface area (Å²) in [6.45, 7) is 6.03. The van der Waals surface area contributed by atoms with Crippen molar-refractivity contribution >= 4 is 27.6 Å². The highest BCUT2D eigenvalue weighted by Gasteiger charge is 2.34. The zero-order valence-electron chi connectivity index (χ0n) is 18.1. The lowest BCUT2D eigenvalue weighted by Crippen LogP contribution is -2.48. The van der Waals surface area contributed by atoms with E-state index in [0.717, 1.165) is 18.4 Å². The topological polar surface area (TPSA) is 92.8 Å². The summed E-state index contributed by atoms with van der Waals surface area (Å²) in [6.07, 6.45) is 2.16. The first-order valence-electron chi connectivity index (χ1n) is 10.4. The summed E-state index contributed by atoms with van der Waals surface area (Å²) in [7, 11) is -3.88. The minimum Gasteiger partial charge on any atom is -0.464 e. The summed E-state index contributed by atoms with van der Waals surface area (Å²) in [5, 5.41) is 0. The molecule has 8 heteroatoms. The predicted octanol–water partition coefficient (Wildman–Crippen LogP) is 3.66. The number of ether oxygens (including phenoxy) is 1. The molecule has 1 saturated heterocycles. The minimum absolute atomic E-state index is 0.00681. The van der Waals surface area contributed by atoms with Crippen LogP contribution >= 0.6 is 0 Å². The summed E-state index contributed by atoms with van der Waals surface area (Å²) < 4.78 is 33.5. The van der Waals surface area contributed by atoms with Gasteiger partial charge < -0.3 is 9.64 Å². The number of nitrogens with zero attached hydrogens (tertiary/aromatic N) is 1. The molecule has 1 heterocycles. The van der Waals surface area contributed by atoms with Crippen LogP contribution < -0.4 is 4.72 Å². The van der Waals surface area contributed by atoms with Crippen LogP contribution in [0.25, 0.3) is 0 Å². The van der Waals surface area contributed by atoms with E-state index in [2.05, 4.69) is 4.72 Å². The van der Waals surface area contributed by atoms with Crippen LogP contribution in [0.2, 0.25) is 0 Å². The summed E-state index contributed by atoms with van der Waals surface area (Å²) in [5.41, 5.74) is 2.29. The van der Waals surface area contributed by atoms with Crippen molar-refractivity contribution in [1.29, 1.82) is 0 Å². The van der Waals surface area contributed by atoms with Crippen LogP contribution in [0.3, 0.4) is 0 Å². The maximum Gasteiger partial charge on any atom is 0.328 e. The van der Waals surface area contributed by atoms with Crippen molar-refractivity contribution in [2.75, 3.05) is 17.9 Å². The van der Waals surface area contributed by atoms with Gasteiger partial charge in [-0.15, -0.1) is 0 Å². The highest BCUT2D eigenvalue weighted by molar-refractivity contribution is 7.92. The lowest BCUT2D eigenvalue weighted by Gasteiger charge is -2.34. The number of sulfonamides is 1. The standard InChI is InChI=1S/C23H28N2O5S/c1-4-30-23(27)21-10-5-6-13-25(21)22(26)20-15-19(12-11-17(20)3)31(28,29)24-18-9-7-8-16(2)14-18/h7-9,11-12,14-15,21,24H,4-6,10,13H2,1-3H3. The number of hydrogen-bond donors (Lipinski definition) is 1. The maximum atomic E-state index is 13.3. The summed E-state index contributed by atoms with van der Waals surface area (Å²) in [4.78, 5) is 27.2. The van der Waals surface area contributed by atoms with Gasteiger partial charge in [0, 0.05) is 17.8 Å². The Morgan fingerprint density at radius 2 is 1.90 bits per heavy atom. The number of carbonyl (C=O) groups excluding carboxylic acids is 2. The fourth-order valence-electron chi connectivity index (χ4n) is 3.73. The molecule has 1 aliphatic rings. The lowest BCUT2D eigenvalue weighted by atomic mass is 9.99. The van der Waals surface area contributed by atoms with E-state index in [1.807, 2.05) is 13.0 Å². The molecule has 0 aliphatic carbocycles. The van der Waals surface area contributed by atoms with Crippen LogP contribution in [0.5, 0.6) is 0 Å². The van der Waals surface area contributed by atoms with Crippen LogP contribution in [0.4, 0.5) is 5.69 Å². The number of esters is 1. The number of hydrogen-bond acceptors (Lipinski definition) is 5. The van der Waals surface area contributed by atoms with Crippen LogP contribution in [0.1, 0.15) is 47.7 Å². The fourth-order valence-corrected chi connectivity index (χ4v) is 4.81. The Kier molecular flexibility index (Phi) is 7.00. The van der Waals surface area contributed by atoms with Gasteiger partial charge in [-0.05, 0) is 75.4 Å². The molecule has 166 valence electrons. The molecule has 1 amide bonds. The van der Waals surface area contributed by atoms with Crippen LogP contribution in [0, 0.1) is 13.8 Å². The monoisotopic (exact) mass is 444 g/mol. The SMILES string of the molecule is CCOC(=O)C1CCCCN1C(=O)c1cc(S(=O)(=O)Nc2cccc(C)c2)ccc1C. The molecular formula is C23H28N2O5S. The normalized spacial score (nSPS) is 16.6. The molecule has 1 aliphatic heterocycles. The van der Waals surface area contributed by atoms with E-state index in [0.29, 0.717) is 24.2 Å². The number of likely N-dealkylation sites (tertiary alicyclic amines) is 1. The molecular weight excluding hydrogens is 416 g/mol. The van der Waals surface area contributed by atoms with E-state index in [1.165, 1.54) is 17.0 Å². The second-order valence-electron chi connectivity index (χ2n) is 7.71. The van der Waals surface area contributed by atoms with Gasteiger partial charge in [0.05, 0.1) is 11.5 Å². The van der Waals surface area contributed by atoms with Crippen molar-refractivity contribution < 1.29 is 22.7 Å². The van der Waals surface area contributed by atoms with Gasteiger partial charge in [-0.2, -0.15) is 0 Å². The van der Waals surface area contributed by atoms with Crippen molar-refractivity contribution in [2.45, 2.75) is 51.0 Å². The first-order valence-corrected chi connectivity index (χ1v) is 11.9. The van der Waals surface area contributed by atoms with Gasteiger partial charge in [0.15, 0.2) is 0 Å². The zero-order valence-corrected chi connectivity index (χ0v) is 18.9. The van der Waals surface area contributed by atoms with Crippen molar-refractivity contribution in [1.82, 2.24) is 4.90 Å². The van der Waals surface area contributed by atoms with Gasteiger partial charge in [-0.1, -0.05) is 18.2 Å². The molecule has 3 rings (SSSR count). The van der Waals surface area contributed by atoms with Crippen LogP contribution in [0.15, 0.2) is 47.4 Å². The zero-order chi connectivity index (χ0) is 22.6. The van der Waals surface area contributed by atoms with Crippen molar-refractivity contribution in [2.24, 2.45) is 0 Å². The summed E-state index contributed by atoms with van der Waals surface area (Å²) in [6, 6.07) is 10.9. The number of amides is 1. The van der Waals surface area contributed by atoms with E-state index in [9.17, 15) is 18.0 Å². The van der Waals surface area contributed by atoms with E-state index >= 15 is 0 Å². The Labute approximate surface area is 183 Å². The fraction of sp³-hybridized carbons (Fsp3) is 0.391. The molecule has 0 aromatic heterocycles. The average Bonchev–Trinajstić information content (AvgIpc) is 2.73. The Hall–Kier alpha value is -2.87. The third-order valence-corrected chi connectivity index (χ3v) is 6.72. The lowest BCUT2D eigenvalue weighted by molar-refractivity contribution is -0.149. The Morgan fingerprint density at radius 3 is 2.61 bits per heavy atom. The highest BCUT2D eigenvalue weighted by atomic mass is 32.2. The average molecular weight is 445 g/mol. The van der Waals surface area contributed by atoms with Crippen LogP contribution in [-0.2, 0) is 19.6 Å². The Morgan fingerprint density at radius 1 is 1.13 bits per heavy atom. The van der Waals surface area contributed by atoms with Gasteiger partial charge in [-0.3, -0.25) is 9.52 Å². The van der Waals surface area contributed by atoms with Crippen LogP contribution in [-0.4, -0.2) is 44.4 Å². The molecule has 0 spiro atoms. The number of rotatable bonds is 6. The molecule has 2 aromatic rings. The van der Waals surface area contributed by atoms with E-state index < -0.39 is 22.0 Å². The third kappa shape index (κ3) is 5.25. The first-order chi connectivity index (χ1) is 14.7. The van der Waals surface area contributed by atoms with Crippen molar-refractivity contribution in [3.05, 3.63) is 59.2 Å². The smallest absolute Gasteiger partial charge is 0.328 e. The van der Waals surface area contributed by atoms with Gasteiger partial charge in [0.1, 0.15) is 6.04 Å². The number of piperidine rings is 1. The Balaban J connectivity index is 1.91. The van der Waals surface area contributed by atoms with E-state index in [-0.39, 0.29) is 23.0 Å². The van der Waals surface area contributed by atoms with Gasteiger partial charge >= 0.3 is 5.97 Å². The van der Waals surface area contributed by atoms with Gasteiger partial charge in [-0.25, -0.2) is 13.2 Å². The molecule has 7 nitrogen and oxygen atoms in total. The third-order valence-electron chi connectivity index (χ3n) is 5.34. The second-order valence-corrected chi connectivity index (χ2v) is 9.40. The number of aryl methyl sites for hydroxylation is 2. The molecule has 1 unspecified atom stereocenters. The number of nitrogens with one attached hydrogen (secondary N) is 1. The first kappa shape index (κ1) is 22.8. The molecule has 31 heavy (non-hydrogen) atoms. The largest absolute Gasteiger partial charge is 0.464 e. The highest BCUT2D eigenvalue weighted by Crippen LogP contribution is 2.25. The minimum atomic E-state index is -3.88. The summed E-state index contributed by atoms with van der Waals surface area (Å²) in [5.74, 6) is -0.777. The van der Waals surface area contributed by atoms with E-state index in [4.69, 9.17) is 4.74 Å². The van der Waals surface area contributed by atoms with Crippen molar-refractivity contribution in [3.63, 3.8) is 0 Å². The molecule has 0 saturated carbocycles. The van der Waals surface area contributed by atoms with E-state index in [1.54, 1.807) is 38.1 Å². The van der Waals surface area contributed by atoms with Gasteiger partial charge in [0.25, 0.3) is 15.9 Å². The number of carbonyl (C=O) groups is 2. The summed E-state index contributed by atoms with van der Waals surface area (Å²) >= 11 is 0. The molecule has 1 fully saturated rings. The van der Waals surface area contributed by atoms with Gasteiger partial charge in [0.2, 0.25) is 0 Å². The molecule has 1 N–H and O–H groups in total. The molecule has 0 bridgehead atoms. The molecule has 2 aromatic carbocycles. The van der Waals surface area contributed by atoms with Crippen molar-refractivity contribution in [3.8, 4) is 0 Å². The number of benzene rings is 2. The second kappa shape index (κ2) is 9.51. The quantitative estimate of drug-likeness (QED) is 0.687. The molecule has 0 radical (unpaired) electrons. The molecule has 1 atom stereocenters. The Bertz CT molecular complexity index is 1080.